The van der Waals surface area contributed by atoms with Crippen molar-refractivity contribution in [1.29, 1.82) is 0 Å². The molecule has 0 aliphatic carbocycles. The Kier molecular flexibility index (Phi) is 5.30. The summed E-state index contributed by atoms with van der Waals surface area (Å²) in [6, 6.07) is 2.40. The quantitative estimate of drug-likeness (QED) is 0.819. The van der Waals surface area contributed by atoms with Gasteiger partial charge in [0.05, 0.1) is 13.2 Å². The summed E-state index contributed by atoms with van der Waals surface area (Å²) in [6.45, 7) is 0. The Bertz CT molecular complexity index is 387. The molecule has 0 heterocycles. The first-order chi connectivity index (χ1) is 8.02. The topological polar surface area (TPSA) is 49.7 Å². The number of methoxy groups -OCH3 is 1. The van der Waals surface area contributed by atoms with Gasteiger partial charge in [-0.15, -0.1) is 0 Å². The lowest BCUT2D eigenvalue weighted by molar-refractivity contribution is 0.0148. The highest BCUT2D eigenvalue weighted by atomic mass is 79.9. The van der Waals surface area contributed by atoms with Crippen LogP contribution < -0.4 is 4.74 Å². The lowest BCUT2D eigenvalue weighted by Crippen LogP contribution is -2.20. The Labute approximate surface area is 106 Å². The summed E-state index contributed by atoms with van der Waals surface area (Å²) in [5.41, 5.74) is -0.281. The molecular weight excluding hydrogens is 298 g/mol. The van der Waals surface area contributed by atoms with Crippen molar-refractivity contribution in [3.8, 4) is 5.75 Å². The minimum absolute atomic E-state index is 0.230. The first kappa shape index (κ1) is 14.3. The monoisotopic (exact) mass is 310 g/mol. The highest BCUT2D eigenvalue weighted by Crippen LogP contribution is 2.28. The van der Waals surface area contributed by atoms with Gasteiger partial charge in [-0.1, -0.05) is 15.9 Å². The lowest BCUT2D eigenvalue weighted by atomic mass is 10.0. The Balaban J connectivity index is 3.03. The molecule has 17 heavy (non-hydrogen) atoms. The number of alkyl halides is 1. The van der Waals surface area contributed by atoms with E-state index in [-0.39, 0.29) is 17.7 Å². The number of hydrogen-bond acceptors (Lipinski definition) is 3. The van der Waals surface area contributed by atoms with Gasteiger partial charge in [-0.25, -0.2) is 4.39 Å². The van der Waals surface area contributed by atoms with Crippen molar-refractivity contribution in [1.82, 2.24) is 0 Å². The molecule has 2 atom stereocenters. The fourth-order valence-corrected chi connectivity index (χ4v) is 1.88. The molecule has 3 nitrogen and oxygen atoms in total. The van der Waals surface area contributed by atoms with E-state index >= 15 is 0 Å². The number of ether oxygens (including phenoxy) is 1. The van der Waals surface area contributed by atoms with E-state index in [9.17, 15) is 19.0 Å². The van der Waals surface area contributed by atoms with Crippen LogP contribution in [0.5, 0.6) is 5.75 Å². The molecule has 0 saturated heterocycles. The number of benzene rings is 1. The zero-order valence-electron chi connectivity index (χ0n) is 9.16. The molecule has 0 bridgehead atoms. The van der Waals surface area contributed by atoms with Crippen LogP contribution in [0, 0.1) is 11.6 Å². The number of halogens is 3. The summed E-state index contributed by atoms with van der Waals surface area (Å²) >= 11 is 3.09. The summed E-state index contributed by atoms with van der Waals surface area (Å²) in [7, 11) is 1.22. The van der Waals surface area contributed by atoms with E-state index in [0.29, 0.717) is 5.33 Å². The van der Waals surface area contributed by atoms with Crippen molar-refractivity contribution in [3.63, 3.8) is 0 Å². The fourth-order valence-electron chi connectivity index (χ4n) is 1.41. The molecule has 1 rings (SSSR count). The molecule has 0 fully saturated rings. The molecule has 0 aliphatic heterocycles. The lowest BCUT2D eigenvalue weighted by Gasteiger charge is -2.18. The predicted molar refractivity (Wildman–Crippen MR) is 62.3 cm³/mol. The van der Waals surface area contributed by atoms with Crippen molar-refractivity contribution in [2.75, 3.05) is 12.4 Å². The summed E-state index contributed by atoms with van der Waals surface area (Å²) in [6.07, 6.45) is -2.39. The maximum absolute atomic E-state index is 13.6. The van der Waals surface area contributed by atoms with Gasteiger partial charge in [-0.2, -0.15) is 4.39 Å². The van der Waals surface area contributed by atoms with Crippen LogP contribution in [0.4, 0.5) is 8.78 Å². The number of hydrogen-bond donors (Lipinski definition) is 2. The second-order valence-electron chi connectivity index (χ2n) is 3.47. The molecule has 0 radical (unpaired) electrons. The fraction of sp³-hybridized carbons (Fsp3) is 0.455. The van der Waals surface area contributed by atoms with Crippen molar-refractivity contribution in [2.45, 2.75) is 18.6 Å². The normalized spacial score (nSPS) is 14.5. The van der Waals surface area contributed by atoms with Gasteiger partial charge in [0.2, 0.25) is 5.82 Å². The van der Waals surface area contributed by atoms with Crippen molar-refractivity contribution in [3.05, 3.63) is 29.3 Å². The van der Waals surface area contributed by atoms with E-state index in [1.54, 1.807) is 0 Å². The average molecular weight is 311 g/mol. The van der Waals surface area contributed by atoms with Crippen molar-refractivity contribution in [2.24, 2.45) is 0 Å². The van der Waals surface area contributed by atoms with Crippen LogP contribution in [-0.4, -0.2) is 28.8 Å². The average Bonchev–Trinajstić information content (AvgIpc) is 2.32. The zero-order valence-corrected chi connectivity index (χ0v) is 10.7. The number of aliphatic hydroxyl groups is 2. The molecule has 0 amide bonds. The van der Waals surface area contributed by atoms with E-state index in [4.69, 9.17) is 0 Å². The first-order valence-corrected chi connectivity index (χ1v) is 6.09. The molecule has 1 aromatic carbocycles. The van der Waals surface area contributed by atoms with E-state index in [1.807, 2.05) is 0 Å². The molecule has 2 N–H and O–H groups in total. The predicted octanol–water partition coefficient (Wildman–Crippen LogP) is 2.15. The second-order valence-corrected chi connectivity index (χ2v) is 4.27. The van der Waals surface area contributed by atoms with Crippen LogP contribution in [0.1, 0.15) is 18.1 Å². The minimum Gasteiger partial charge on any atom is -0.494 e. The molecule has 2 unspecified atom stereocenters. The summed E-state index contributed by atoms with van der Waals surface area (Å²) in [4.78, 5) is 0. The zero-order chi connectivity index (χ0) is 13.0. The molecule has 6 heteroatoms. The smallest absolute Gasteiger partial charge is 0.200 e. The van der Waals surface area contributed by atoms with Crippen LogP contribution >= 0.6 is 15.9 Å². The first-order valence-electron chi connectivity index (χ1n) is 4.96. The Morgan fingerprint density at radius 2 is 1.94 bits per heavy atom. The van der Waals surface area contributed by atoms with E-state index in [1.165, 1.54) is 19.2 Å². The van der Waals surface area contributed by atoms with Gasteiger partial charge < -0.3 is 14.9 Å². The maximum Gasteiger partial charge on any atom is 0.200 e. The molecule has 0 spiro atoms. The Morgan fingerprint density at radius 3 is 2.47 bits per heavy atom. The van der Waals surface area contributed by atoms with Gasteiger partial charge in [-0.3, -0.25) is 0 Å². The standard InChI is InChI=1S/C11H13BrF2O3/c1-17-8-3-2-6(9(13)10(8)14)11(16)7(15)4-5-12/h2-3,7,11,15-16H,4-5H2,1H3. The summed E-state index contributed by atoms with van der Waals surface area (Å²) in [5, 5.41) is 19.6. The van der Waals surface area contributed by atoms with Gasteiger partial charge in [0, 0.05) is 10.9 Å². The third kappa shape index (κ3) is 3.14. The Morgan fingerprint density at radius 1 is 1.29 bits per heavy atom. The van der Waals surface area contributed by atoms with E-state index < -0.39 is 23.8 Å². The third-order valence-corrected chi connectivity index (χ3v) is 2.84. The van der Waals surface area contributed by atoms with Gasteiger partial charge in [0.15, 0.2) is 11.6 Å². The number of aliphatic hydroxyl groups excluding tert-OH is 2. The second kappa shape index (κ2) is 6.28. The largest absolute Gasteiger partial charge is 0.494 e. The van der Waals surface area contributed by atoms with Crippen molar-refractivity contribution >= 4 is 15.9 Å². The van der Waals surface area contributed by atoms with Crippen molar-refractivity contribution < 1.29 is 23.7 Å². The summed E-state index contributed by atoms with van der Waals surface area (Å²) in [5.74, 6) is -2.62. The van der Waals surface area contributed by atoms with Crippen LogP contribution in [0.3, 0.4) is 0 Å². The van der Waals surface area contributed by atoms with E-state index in [2.05, 4.69) is 20.7 Å². The maximum atomic E-state index is 13.6. The Hall–Kier alpha value is -0.720. The molecule has 0 aromatic heterocycles. The highest BCUT2D eigenvalue weighted by Gasteiger charge is 2.24. The summed E-state index contributed by atoms with van der Waals surface area (Å²) < 4.78 is 31.5. The molecule has 0 saturated carbocycles. The third-order valence-electron chi connectivity index (χ3n) is 2.38. The number of rotatable bonds is 5. The van der Waals surface area contributed by atoms with Gasteiger partial charge in [-0.05, 0) is 18.6 Å². The molecule has 1 aromatic rings. The highest BCUT2D eigenvalue weighted by molar-refractivity contribution is 9.09. The molecule has 96 valence electrons. The molecular formula is C11H13BrF2O3. The van der Waals surface area contributed by atoms with Gasteiger partial charge >= 0.3 is 0 Å². The van der Waals surface area contributed by atoms with Gasteiger partial charge in [0.1, 0.15) is 6.10 Å². The van der Waals surface area contributed by atoms with Crippen LogP contribution in [0.25, 0.3) is 0 Å². The van der Waals surface area contributed by atoms with E-state index in [0.717, 1.165) is 0 Å². The van der Waals surface area contributed by atoms with Crippen LogP contribution in [0.15, 0.2) is 12.1 Å². The SMILES string of the molecule is COc1ccc(C(O)C(O)CCBr)c(F)c1F. The van der Waals surface area contributed by atoms with Crippen LogP contribution in [-0.2, 0) is 0 Å². The minimum atomic E-state index is -1.46. The van der Waals surface area contributed by atoms with Crippen LogP contribution in [0.2, 0.25) is 0 Å². The van der Waals surface area contributed by atoms with Gasteiger partial charge in [0.25, 0.3) is 0 Å². The molecule has 0 aliphatic rings.